The average molecular weight is 410 g/mol. The van der Waals surface area contributed by atoms with E-state index in [1.807, 2.05) is 23.0 Å². The molecule has 0 spiro atoms. The van der Waals surface area contributed by atoms with Gasteiger partial charge in [0.15, 0.2) is 0 Å². The fourth-order valence-corrected chi connectivity index (χ4v) is 5.89. The van der Waals surface area contributed by atoms with Crippen molar-refractivity contribution in [3.63, 3.8) is 0 Å². The molecule has 5 atom stereocenters. The van der Waals surface area contributed by atoms with Gasteiger partial charge in [0.25, 0.3) is 0 Å². The zero-order valence-corrected chi connectivity index (χ0v) is 17.4. The zero-order valence-electron chi connectivity index (χ0n) is 17.4. The van der Waals surface area contributed by atoms with Crippen molar-refractivity contribution in [1.82, 2.24) is 19.9 Å². The highest BCUT2D eigenvalue weighted by Gasteiger charge is 2.41. The lowest BCUT2D eigenvalue weighted by Gasteiger charge is -2.38. The van der Waals surface area contributed by atoms with Crippen molar-refractivity contribution in [3.05, 3.63) is 47.3 Å². The standard InChI is InChI=1S/C23H31N5O2/c24-23(30)16-5-3-4-15(10-16)17-11-19-8-9-20(12-17)27(19)13-18-14-28(26-25-18)21-6-1-2-7-22(21)29/h3-5,10,14,17,19-22,29H,1-2,6-9,11-13H2,(H2,24,30)/t17-,19+,20-,21?,22-/m1/s1. The first-order valence-electron chi connectivity index (χ1n) is 11.3. The number of aromatic nitrogens is 3. The van der Waals surface area contributed by atoms with Crippen LogP contribution in [0.5, 0.6) is 0 Å². The smallest absolute Gasteiger partial charge is 0.248 e. The summed E-state index contributed by atoms with van der Waals surface area (Å²) in [5.74, 6) is 0.120. The summed E-state index contributed by atoms with van der Waals surface area (Å²) in [7, 11) is 0. The highest BCUT2D eigenvalue weighted by atomic mass is 16.3. The fourth-order valence-electron chi connectivity index (χ4n) is 5.89. The first-order chi connectivity index (χ1) is 14.6. The Balaban J connectivity index is 1.26. The van der Waals surface area contributed by atoms with E-state index in [2.05, 4.69) is 21.3 Å². The van der Waals surface area contributed by atoms with Crippen molar-refractivity contribution in [1.29, 1.82) is 0 Å². The van der Waals surface area contributed by atoms with Gasteiger partial charge in [-0.3, -0.25) is 9.69 Å². The van der Waals surface area contributed by atoms with E-state index >= 15 is 0 Å². The molecule has 3 fully saturated rings. The maximum atomic E-state index is 11.6. The molecule has 7 nitrogen and oxygen atoms in total. The number of amides is 1. The van der Waals surface area contributed by atoms with Crippen molar-refractivity contribution < 1.29 is 9.90 Å². The van der Waals surface area contributed by atoms with Gasteiger partial charge in [-0.2, -0.15) is 0 Å². The normalized spacial score (nSPS) is 31.7. The van der Waals surface area contributed by atoms with Crippen LogP contribution in [-0.2, 0) is 6.54 Å². The summed E-state index contributed by atoms with van der Waals surface area (Å²) >= 11 is 0. The number of primary amides is 1. The summed E-state index contributed by atoms with van der Waals surface area (Å²) in [6.45, 7) is 0.826. The van der Waals surface area contributed by atoms with Gasteiger partial charge in [0.05, 0.1) is 24.0 Å². The van der Waals surface area contributed by atoms with Gasteiger partial charge in [-0.05, 0) is 62.1 Å². The molecule has 2 saturated heterocycles. The van der Waals surface area contributed by atoms with Gasteiger partial charge in [-0.25, -0.2) is 4.68 Å². The number of nitrogens with two attached hydrogens (primary N) is 1. The van der Waals surface area contributed by atoms with Gasteiger partial charge in [-0.15, -0.1) is 5.10 Å². The Bertz CT molecular complexity index is 899. The predicted octanol–water partition coefficient (Wildman–Crippen LogP) is 2.76. The van der Waals surface area contributed by atoms with Crippen LogP contribution in [0.4, 0.5) is 0 Å². The third-order valence-corrected chi connectivity index (χ3v) is 7.46. The van der Waals surface area contributed by atoms with Crippen LogP contribution in [0.15, 0.2) is 30.5 Å². The molecule has 3 aliphatic rings. The van der Waals surface area contributed by atoms with Gasteiger partial charge in [-0.1, -0.05) is 30.2 Å². The molecule has 160 valence electrons. The molecule has 3 N–H and O–H groups in total. The lowest BCUT2D eigenvalue weighted by molar-refractivity contribution is 0.0684. The molecule has 7 heteroatoms. The molecule has 2 bridgehead atoms. The van der Waals surface area contributed by atoms with E-state index in [0.29, 0.717) is 23.6 Å². The van der Waals surface area contributed by atoms with Crippen molar-refractivity contribution in [2.45, 2.75) is 88.1 Å². The van der Waals surface area contributed by atoms with Crippen LogP contribution in [0.3, 0.4) is 0 Å². The zero-order chi connectivity index (χ0) is 20.7. The molecular formula is C23H31N5O2. The van der Waals surface area contributed by atoms with E-state index < -0.39 is 0 Å². The van der Waals surface area contributed by atoms with E-state index in [0.717, 1.165) is 50.8 Å². The lowest BCUT2D eigenvalue weighted by Crippen LogP contribution is -2.41. The second-order valence-corrected chi connectivity index (χ2v) is 9.32. The Labute approximate surface area is 177 Å². The van der Waals surface area contributed by atoms with Crippen LogP contribution in [0.25, 0.3) is 0 Å². The second-order valence-electron chi connectivity index (χ2n) is 9.32. The maximum absolute atomic E-state index is 11.6. The Morgan fingerprint density at radius 1 is 1.13 bits per heavy atom. The van der Waals surface area contributed by atoms with Gasteiger partial charge < -0.3 is 10.8 Å². The average Bonchev–Trinajstić information content (AvgIpc) is 3.29. The van der Waals surface area contributed by atoms with E-state index in [1.165, 1.54) is 18.4 Å². The molecule has 3 heterocycles. The molecule has 1 saturated carbocycles. The molecule has 1 aromatic heterocycles. The van der Waals surface area contributed by atoms with Gasteiger partial charge >= 0.3 is 0 Å². The number of hydrogen-bond acceptors (Lipinski definition) is 5. The maximum Gasteiger partial charge on any atom is 0.248 e. The lowest BCUT2D eigenvalue weighted by atomic mass is 9.84. The first-order valence-corrected chi connectivity index (χ1v) is 11.3. The van der Waals surface area contributed by atoms with E-state index in [1.54, 1.807) is 6.07 Å². The molecule has 30 heavy (non-hydrogen) atoms. The van der Waals surface area contributed by atoms with Gasteiger partial charge in [0.2, 0.25) is 5.91 Å². The molecular weight excluding hydrogens is 378 g/mol. The second kappa shape index (κ2) is 8.12. The minimum absolute atomic E-state index is 0.0694. The van der Waals surface area contributed by atoms with Crippen LogP contribution in [0.1, 0.15) is 84.9 Å². The monoisotopic (exact) mass is 409 g/mol. The molecule has 5 rings (SSSR count). The molecule has 1 unspecified atom stereocenters. The summed E-state index contributed by atoms with van der Waals surface area (Å²) < 4.78 is 1.89. The highest BCUT2D eigenvalue weighted by Crippen LogP contribution is 2.43. The molecule has 1 aliphatic carbocycles. The Morgan fingerprint density at radius 2 is 1.90 bits per heavy atom. The third kappa shape index (κ3) is 3.76. The van der Waals surface area contributed by atoms with Crippen molar-refractivity contribution >= 4 is 5.91 Å². The number of rotatable bonds is 5. The fraction of sp³-hybridized carbons (Fsp3) is 0.609. The molecule has 0 radical (unpaired) electrons. The van der Waals surface area contributed by atoms with Crippen LogP contribution in [-0.4, -0.2) is 49.1 Å². The van der Waals surface area contributed by atoms with Crippen molar-refractivity contribution in [3.8, 4) is 0 Å². The van der Waals surface area contributed by atoms with E-state index in [9.17, 15) is 9.90 Å². The number of piperidine rings is 1. The first kappa shape index (κ1) is 19.7. The molecule has 2 aromatic rings. The minimum Gasteiger partial charge on any atom is -0.391 e. The number of fused-ring (bicyclic) bond motifs is 2. The number of carbonyl (C=O) groups is 1. The molecule has 1 amide bonds. The molecule has 2 aliphatic heterocycles. The summed E-state index contributed by atoms with van der Waals surface area (Å²) in [5, 5.41) is 19.1. The van der Waals surface area contributed by atoms with Crippen LogP contribution >= 0.6 is 0 Å². The number of benzene rings is 1. The summed E-state index contributed by atoms with van der Waals surface area (Å²) in [6.07, 6.45) is 10.4. The third-order valence-electron chi connectivity index (χ3n) is 7.46. The van der Waals surface area contributed by atoms with Crippen molar-refractivity contribution in [2.24, 2.45) is 5.73 Å². The van der Waals surface area contributed by atoms with Crippen molar-refractivity contribution in [2.75, 3.05) is 0 Å². The number of aliphatic hydroxyl groups is 1. The Kier molecular flexibility index (Phi) is 5.33. The van der Waals surface area contributed by atoms with E-state index in [4.69, 9.17) is 5.73 Å². The summed E-state index contributed by atoms with van der Waals surface area (Å²) in [5.41, 5.74) is 8.31. The van der Waals surface area contributed by atoms with Gasteiger partial charge in [0, 0.05) is 24.2 Å². The number of carbonyl (C=O) groups excluding carboxylic acids is 1. The predicted molar refractivity (Wildman–Crippen MR) is 113 cm³/mol. The number of nitrogens with zero attached hydrogens (tertiary/aromatic N) is 4. The summed E-state index contributed by atoms with van der Waals surface area (Å²) in [4.78, 5) is 14.1. The van der Waals surface area contributed by atoms with Crippen LogP contribution < -0.4 is 5.73 Å². The summed E-state index contributed by atoms with van der Waals surface area (Å²) in [6, 6.07) is 8.99. The SMILES string of the molecule is NC(=O)c1cccc([C@H]2C[C@H]3CC[C@@H](C2)N3Cc2cn(C3CCCC[C@H]3O)nn2)c1. The van der Waals surface area contributed by atoms with Crippen LogP contribution in [0, 0.1) is 0 Å². The number of hydrogen-bond donors (Lipinski definition) is 2. The highest BCUT2D eigenvalue weighted by molar-refractivity contribution is 5.92. The van der Waals surface area contributed by atoms with Gasteiger partial charge in [0.1, 0.15) is 0 Å². The Hall–Kier alpha value is -2.25. The largest absolute Gasteiger partial charge is 0.391 e. The topological polar surface area (TPSA) is 97.3 Å². The number of aliphatic hydroxyl groups excluding tert-OH is 1. The van der Waals surface area contributed by atoms with Crippen LogP contribution in [0.2, 0.25) is 0 Å². The Morgan fingerprint density at radius 3 is 2.63 bits per heavy atom. The minimum atomic E-state index is -0.358. The quantitative estimate of drug-likeness (QED) is 0.791. The molecule has 1 aromatic carbocycles. The van der Waals surface area contributed by atoms with E-state index in [-0.39, 0.29) is 18.1 Å².